The fourth-order valence-corrected chi connectivity index (χ4v) is 2.25. The maximum absolute atomic E-state index is 11.7. The molecular formula is C17H29N2O+. The van der Waals surface area contributed by atoms with Crippen LogP contribution in [0.15, 0.2) is 30.6 Å². The van der Waals surface area contributed by atoms with E-state index in [9.17, 15) is 4.79 Å². The number of pyridine rings is 1. The lowest BCUT2D eigenvalue weighted by Gasteiger charge is -2.03. The first kappa shape index (κ1) is 16.7. The number of hydrogen-bond acceptors (Lipinski definition) is 1. The fraction of sp³-hybridized carbons (Fsp3) is 0.647. The molecule has 1 aromatic heterocycles. The van der Waals surface area contributed by atoms with Gasteiger partial charge in [-0.15, -0.1) is 0 Å². The molecule has 0 bridgehead atoms. The molecule has 20 heavy (non-hydrogen) atoms. The zero-order chi connectivity index (χ0) is 14.5. The molecule has 0 radical (unpaired) electrons. The van der Waals surface area contributed by atoms with Crippen molar-refractivity contribution in [1.29, 1.82) is 0 Å². The van der Waals surface area contributed by atoms with E-state index in [-0.39, 0.29) is 5.91 Å². The second kappa shape index (κ2) is 11.4. The van der Waals surface area contributed by atoms with E-state index in [0.717, 1.165) is 13.0 Å². The van der Waals surface area contributed by atoms with Gasteiger partial charge in [-0.05, 0) is 6.42 Å². The van der Waals surface area contributed by atoms with E-state index in [1.807, 2.05) is 35.2 Å². The van der Waals surface area contributed by atoms with Crippen molar-refractivity contribution in [3.8, 4) is 0 Å². The molecule has 0 aliphatic rings. The summed E-state index contributed by atoms with van der Waals surface area (Å²) in [6, 6.07) is 5.83. The number of rotatable bonds is 11. The van der Waals surface area contributed by atoms with Gasteiger partial charge in [-0.1, -0.05) is 57.9 Å². The molecule has 3 heteroatoms. The molecule has 1 heterocycles. The quantitative estimate of drug-likeness (QED) is 0.489. The van der Waals surface area contributed by atoms with Crippen LogP contribution in [0.4, 0.5) is 0 Å². The van der Waals surface area contributed by atoms with Gasteiger partial charge in [0.2, 0.25) is 6.54 Å². The third kappa shape index (κ3) is 8.68. The molecular weight excluding hydrogens is 248 g/mol. The molecule has 3 nitrogen and oxygen atoms in total. The summed E-state index contributed by atoms with van der Waals surface area (Å²) in [5, 5.41) is 2.98. The summed E-state index contributed by atoms with van der Waals surface area (Å²) >= 11 is 0. The van der Waals surface area contributed by atoms with Crippen LogP contribution in [0, 0.1) is 0 Å². The van der Waals surface area contributed by atoms with Gasteiger partial charge >= 0.3 is 0 Å². The van der Waals surface area contributed by atoms with Crippen LogP contribution < -0.4 is 9.88 Å². The van der Waals surface area contributed by atoms with Crippen molar-refractivity contribution < 1.29 is 9.36 Å². The Bertz CT molecular complexity index is 351. The molecule has 1 amide bonds. The highest BCUT2D eigenvalue weighted by Crippen LogP contribution is 2.07. The minimum Gasteiger partial charge on any atom is -0.351 e. The van der Waals surface area contributed by atoms with Crippen LogP contribution >= 0.6 is 0 Å². The van der Waals surface area contributed by atoms with Crippen LogP contribution in [0.3, 0.4) is 0 Å². The minimum absolute atomic E-state index is 0.101. The van der Waals surface area contributed by atoms with E-state index in [2.05, 4.69) is 12.2 Å². The summed E-state index contributed by atoms with van der Waals surface area (Å²) in [7, 11) is 0. The largest absolute Gasteiger partial charge is 0.351 e. The summed E-state index contributed by atoms with van der Waals surface area (Å²) in [6.07, 6.45) is 14.2. The highest BCUT2D eigenvalue weighted by Gasteiger charge is 2.06. The molecule has 112 valence electrons. The average molecular weight is 277 g/mol. The highest BCUT2D eigenvalue weighted by molar-refractivity contribution is 5.74. The molecule has 0 aliphatic heterocycles. The molecule has 0 unspecified atom stereocenters. The highest BCUT2D eigenvalue weighted by atomic mass is 16.1. The summed E-state index contributed by atoms with van der Waals surface area (Å²) in [5.41, 5.74) is 0. The lowest BCUT2D eigenvalue weighted by Crippen LogP contribution is -2.42. The fourth-order valence-electron chi connectivity index (χ4n) is 2.25. The van der Waals surface area contributed by atoms with Gasteiger partial charge in [-0.2, -0.15) is 4.57 Å². The van der Waals surface area contributed by atoms with Crippen LogP contribution in [-0.2, 0) is 11.3 Å². The predicted octanol–water partition coefficient (Wildman–Crippen LogP) is 3.23. The van der Waals surface area contributed by atoms with E-state index in [1.54, 1.807) is 0 Å². The van der Waals surface area contributed by atoms with E-state index in [4.69, 9.17) is 0 Å². The molecule has 0 spiro atoms. The number of nitrogens with zero attached hydrogens (tertiary/aromatic N) is 1. The number of hydrogen-bond donors (Lipinski definition) is 1. The molecule has 0 saturated heterocycles. The van der Waals surface area contributed by atoms with Crippen molar-refractivity contribution in [2.45, 2.75) is 64.8 Å². The Morgan fingerprint density at radius 3 is 2.15 bits per heavy atom. The Morgan fingerprint density at radius 2 is 1.50 bits per heavy atom. The molecule has 0 saturated carbocycles. The van der Waals surface area contributed by atoms with E-state index in [1.165, 1.54) is 44.9 Å². The van der Waals surface area contributed by atoms with Crippen molar-refractivity contribution in [2.75, 3.05) is 6.54 Å². The van der Waals surface area contributed by atoms with Crippen molar-refractivity contribution in [3.63, 3.8) is 0 Å². The lowest BCUT2D eigenvalue weighted by atomic mass is 10.1. The second-order valence-corrected chi connectivity index (χ2v) is 5.37. The normalized spacial score (nSPS) is 10.4. The van der Waals surface area contributed by atoms with Gasteiger partial charge < -0.3 is 5.32 Å². The molecule has 0 aromatic carbocycles. The molecule has 0 atom stereocenters. The monoisotopic (exact) mass is 277 g/mol. The van der Waals surface area contributed by atoms with Crippen molar-refractivity contribution in [2.24, 2.45) is 0 Å². The Morgan fingerprint density at radius 1 is 0.900 bits per heavy atom. The number of amides is 1. The number of carbonyl (C=O) groups excluding carboxylic acids is 1. The predicted molar refractivity (Wildman–Crippen MR) is 82.3 cm³/mol. The maximum Gasteiger partial charge on any atom is 0.285 e. The zero-order valence-electron chi connectivity index (χ0n) is 12.8. The first-order valence-corrected chi connectivity index (χ1v) is 8.03. The topological polar surface area (TPSA) is 33.0 Å². The van der Waals surface area contributed by atoms with Crippen LogP contribution in [0.5, 0.6) is 0 Å². The Hall–Kier alpha value is -1.38. The third-order valence-electron chi connectivity index (χ3n) is 3.46. The van der Waals surface area contributed by atoms with E-state index < -0.39 is 0 Å². The zero-order valence-corrected chi connectivity index (χ0v) is 12.8. The molecule has 0 aliphatic carbocycles. The number of carbonyl (C=O) groups is 1. The summed E-state index contributed by atoms with van der Waals surface area (Å²) in [6.45, 7) is 3.47. The van der Waals surface area contributed by atoms with Crippen LogP contribution in [0.2, 0.25) is 0 Å². The SMILES string of the molecule is CCCCCCCCCCNC(=O)C[n+]1ccccc1. The lowest BCUT2D eigenvalue weighted by molar-refractivity contribution is -0.684. The van der Waals surface area contributed by atoms with E-state index >= 15 is 0 Å². The van der Waals surface area contributed by atoms with E-state index in [0.29, 0.717) is 6.54 Å². The molecule has 1 N–H and O–H groups in total. The standard InChI is InChI=1S/C17H28N2O/c1-2-3-4-5-6-7-8-10-13-18-17(20)16-19-14-11-9-12-15-19/h9,11-12,14-15H,2-8,10,13,16H2,1H3/p+1. The van der Waals surface area contributed by atoms with Gasteiger partial charge in [0.25, 0.3) is 5.91 Å². The summed E-state index contributed by atoms with van der Waals surface area (Å²) in [4.78, 5) is 11.7. The molecule has 0 fully saturated rings. The molecule has 1 rings (SSSR count). The minimum atomic E-state index is 0.101. The van der Waals surface area contributed by atoms with Gasteiger partial charge in [-0.3, -0.25) is 4.79 Å². The third-order valence-corrected chi connectivity index (χ3v) is 3.46. The Balaban J connectivity index is 1.92. The first-order valence-electron chi connectivity index (χ1n) is 8.03. The van der Waals surface area contributed by atoms with Gasteiger partial charge in [0.1, 0.15) is 0 Å². The average Bonchev–Trinajstić information content (AvgIpc) is 2.46. The Kier molecular flexibility index (Phi) is 9.54. The summed E-state index contributed by atoms with van der Waals surface area (Å²) in [5.74, 6) is 0.101. The van der Waals surface area contributed by atoms with Gasteiger partial charge in [0, 0.05) is 18.7 Å². The first-order chi connectivity index (χ1) is 9.83. The van der Waals surface area contributed by atoms with Gasteiger partial charge in [-0.25, -0.2) is 0 Å². The smallest absolute Gasteiger partial charge is 0.285 e. The van der Waals surface area contributed by atoms with Crippen molar-refractivity contribution in [3.05, 3.63) is 30.6 Å². The van der Waals surface area contributed by atoms with Crippen LogP contribution in [0.25, 0.3) is 0 Å². The number of nitrogens with one attached hydrogen (secondary N) is 1. The number of unbranched alkanes of at least 4 members (excludes halogenated alkanes) is 7. The van der Waals surface area contributed by atoms with Gasteiger partial charge in [0.05, 0.1) is 0 Å². The van der Waals surface area contributed by atoms with Crippen LogP contribution in [-0.4, -0.2) is 12.5 Å². The van der Waals surface area contributed by atoms with Crippen molar-refractivity contribution in [1.82, 2.24) is 5.32 Å². The number of aromatic nitrogens is 1. The van der Waals surface area contributed by atoms with Crippen LogP contribution in [0.1, 0.15) is 58.3 Å². The molecule has 1 aromatic rings. The maximum atomic E-state index is 11.7. The summed E-state index contributed by atoms with van der Waals surface area (Å²) < 4.78 is 1.89. The second-order valence-electron chi connectivity index (χ2n) is 5.37. The van der Waals surface area contributed by atoms with Crippen molar-refractivity contribution >= 4 is 5.91 Å². The Labute approximate surface area is 123 Å². The van der Waals surface area contributed by atoms with Gasteiger partial charge in [0.15, 0.2) is 12.4 Å².